The number of carbonyl (C=O) groups excluding carboxylic acids is 1. The number of rotatable bonds is 5. The highest BCUT2D eigenvalue weighted by Gasteiger charge is 2.45. The summed E-state index contributed by atoms with van der Waals surface area (Å²) in [6, 6.07) is 22.7. The van der Waals surface area contributed by atoms with Crippen LogP contribution in [0.4, 0.5) is 5.82 Å². The average molecular weight is 499 g/mol. The molecule has 0 bridgehead atoms. The Balaban J connectivity index is 1.49. The number of aryl methyl sites for hydroxylation is 1. The van der Waals surface area contributed by atoms with Gasteiger partial charge in [-0.25, -0.2) is 0 Å². The Morgan fingerprint density at radius 2 is 1.83 bits per heavy atom. The molecule has 1 unspecified atom stereocenters. The lowest BCUT2D eigenvalue weighted by Gasteiger charge is -2.22. The van der Waals surface area contributed by atoms with E-state index in [0.717, 1.165) is 5.56 Å². The topological polar surface area (TPSA) is 85.8 Å². The Bertz CT molecular complexity index is 1680. The van der Waals surface area contributed by atoms with E-state index in [1.165, 1.54) is 4.90 Å². The molecule has 1 aliphatic rings. The summed E-state index contributed by atoms with van der Waals surface area (Å²) in [6.45, 7) is 2.11. The first kappa shape index (κ1) is 22.1. The lowest BCUT2D eigenvalue weighted by atomic mass is 9.98. The Hall–Kier alpha value is -4.36. The molecule has 8 heteroatoms. The Morgan fingerprint density at radius 3 is 2.61 bits per heavy atom. The second-order valence-electron chi connectivity index (χ2n) is 8.53. The lowest BCUT2D eigenvalue weighted by Crippen LogP contribution is -2.29. The maximum Gasteiger partial charge on any atom is 0.296 e. The highest BCUT2D eigenvalue weighted by molar-refractivity contribution is 6.31. The van der Waals surface area contributed by atoms with Crippen molar-refractivity contribution in [3.05, 3.63) is 122 Å². The minimum absolute atomic E-state index is 0.0314. The Morgan fingerprint density at radius 1 is 1.00 bits per heavy atom. The van der Waals surface area contributed by atoms with Crippen LogP contribution in [0, 0.1) is 6.92 Å². The fourth-order valence-electron chi connectivity index (χ4n) is 4.48. The second kappa shape index (κ2) is 8.70. The summed E-state index contributed by atoms with van der Waals surface area (Å²) in [5.41, 5.74) is 1.87. The molecular formula is C28H19ClN2O5. The largest absolute Gasteiger partial charge is 0.489 e. The van der Waals surface area contributed by atoms with Crippen molar-refractivity contribution in [2.75, 3.05) is 4.90 Å². The second-order valence-corrected chi connectivity index (χ2v) is 8.97. The predicted octanol–water partition coefficient (Wildman–Crippen LogP) is 6.07. The van der Waals surface area contributed by atoms with Crippen LogP contribution < -0.4 is 15.1 Å². The monoisotopic (exact) mass is 498 g/mol. The lowest BCUT2D eigenvalue weighted by molar-refractivity contribution is 0.0969. The minimum atomic E-state index is -0.795. The third-order valence-electron chi connectivity index (χ3n) is 6.12. The van der Waals surface area contributed by atoms with Crippen LogP contribution in [0.3, 0.4) is 0 Å². The molecule has 1 amide bonds. The molecule has 0 radical (unpaired) electrons. The number of hydrogen-bond donors (Lipinski definition) is 0. The molecule has 7 nitrogen and oxygen atoms in total. The van der Waals surface area contributed by atoms with Crippen LogP contribution in [-0.2, 0) is 6.61 Å². The molecular weight excluding hydrogens is 480 g/mol. The molecule has 0 saturated heterocycles. The number of anilines is 1. The van der Waals surface area contributed by atoms with Gasteiger partial charge in [0, 0.05) is 11.1 Å². The van der Waals surface area contributed by atoms with Crippen molar-refractivity contribution in [3.63, 3.8) is 0 Å². The van der Waals surface area contributed by atoms with Gasteiger partial charge < -0.3 is 13.7 Å². The molecule has 0 spiro atoms. The first-order valence-corrected chi connectivity index (χ1v) is 11.7. The standard InChI is InChI=1S/C28H19ClN2O5/c1-16-12-23(30-36-16)31-25(18-8-5-9-20(13-18)34-15-17-6-3-2-4-7-17)24-26(32)21-14-19(29)10-11-22(21)35-27(24)28(31)33/h2-14,25H,15H2,1H3. The Labute approximate surface area is 210 Å². The van der Waals surface area contributed by atoms with E-state index in [9.17, 15) is 9.59 Å². The first-order valence-electron chi connectivity index (χ1n) is 11.3. The molecule has 5 aromatic rings. The number of hydrogen-bond acceptors (Lipinski definition) is 6. The van der Waals surface area contributed by atoms with Crippen LogP contribution in [0.2, 0.25) is 5.02 Å². The van der Waals surface area contributed by atoms with Gasteiger partial charge in [0.1, 0.15) is 23.7 Å². The third kappa shape index (κ3) is 3.74. The number of carbonyl (C=O) groups is 1. The molecule has 6 rings (SSSR count). The van der Waals surface area contributed by atoms with Crippen molar-refractivity contribution in [2.45, 2.75) is 19.6 Å². The number of ether oxygens (including phenoxy) is 1. The number of benzene rings is 3. The molecule has 1 aliphatic heterocycles. The molecule has 0 saturated carbocycles. The number of amides is 1. The van der Waals surface area contributed by atoms with Crippen molar-refractivity contribution in [2.24, 2.45) is 0 Å². The first-order chi connectivity index (χ1) is 17.5. The van der Waals surface area contributed by atoms with Crippen LogP contribution in [0.15, 0.2) is 92.6 Å². The van der Waals surface area contributed by atoms with Gasteiger partial charge in [-0.15, -0.1) is 0 Å². The summed E-state index contributed by atoms with van der Waals surface area (Å²) in [5.74, 6) is 0.903. The van der Waals surface area contributed by atoms with E-state index in [0.29, 0.717) is 34.1 Å². The fraction of sp³-hybridized carbons (Fsp3) is 0.107. The minimum Gasteiger partial charge on any atom is -0.489 e. The Kier molecular flexibility index (Phi) is 5.34. The summed E-state index contributed by atoms with van der Waals surface area (Å²) in [6.07, 6.45) is 0. The van der Waals surface area contributed by atoms with Gasteiger partial charge in [-0.05, 0) is 48.4 Å². The number of halogens is 1. The van der Waals surface area contributed by atoms with Gasteiger partial charge >= 0.3 is 0 Å². The summed E-state index contributed by atoms with van der Waals surface area (Å²) in [5, 5.41) is 4.75. The van der Waals surface area contributed by atoms with Crippen molar-refractivity contribution in [3.8, 4) is 5.75 Å². The molecule has 36 heavy (non-hydrogen) atoms. The third-order valence-corrected chi connectivity index (χ3v) is 6.35. The van der Waals surface area contributed by atoms with Gasteiger partial charge in [-0.1, -0.05) is 59.2 Å². The number of aromatic nitrogens is 1. The zero-order valence-corrected chi connectivity index (χ0v) is 19.9. The van der Waals surface area contributed by atoms with E-state index in [2.05, 4.69) is 5.16 Å². The van der Waals surface area contributed by atoms with E-state index < -0.39 is 11.9 Å². The van der Waals surface area contributed by atoms with Gasteiger partial charge in [0.2, 0.25) is 5.76 Å². The SMILES string of the molecule is Cc1cc(N2C(=O)c3oc4ccc(Cl)cc4c(=O)c3C2c2cccc(OCc3ccccc3)c2)no1. The zero-order chi connectivity index (χ0) is 24.8. The maximum absolute atomic E-state index is 13.7. The van der Waals surface area contributed by atoms with Gasteiger partial charge in [-0.2, -0.15) is 0 Å². The molecule has 3 aromatic carbocycles. The number of fused-ring (bicyclic) bond motifs is 2. The van der Waals surface area contributed by atoms with Gasteiger partial charge in [0.05, 0.1) is 17.0 Å². The van der Waals surface area contributed by atoms with Crippen molar-refractivity contribution < 1.29 is 18.5 Å². The van der Waals surface area contributed by atoms with E-state index >= 15 is 0 Å². The average Bonchev–Trinajstić information content (AvgIpc) is 3.45. The molecule has 3 heterocycles. The normalized spacial score (nSPS) is 14.9. The van der Waals surface area contributed by atoms with Crippen molar-refractivity contribution >= 4 is 34.3 Å². The van der Waals surface area contributed by atoms with E-state index in [-0.39, 0.29) is 28.2 Å². The van der Waals surface area contributed by atoms with Crippen LogP contribution in [0.1, 0.15) is 39.0 Å². The summed E-state index contributed by atoms with van der Waals surface area (Å²) >= 11 is 6.16. The van der Waals surface area contributed by atoms with Gasteiger partial charge in [0.25, 0.3) is 5.91 Å². The number of nitrogens with zero attached hydrogens (tertiary/aromatic N) is 2. The molecule has 0 N–H and O–H groups in total. The summed E-state index contributed by atoms with van der Waals surface area (Å²) < 4.78 is 17.2. The van der Waals surface area contributed by atoms with Crippen LogP contribution in [0.25, 0.3) is 11.0 Å². The summed E-state index contributed by atoms with van der Waals surface area (Å²) in [4.78, 5) is 28.7. The van der Waals surface area contributed by atoms with Crippen molar-refractivity contribution in [1.29, 1.82) is 0 Å². The fourth-order valence-corrected chi connectivity index (χ4v) is 4.65. The molecule has 0 aliphatic carbocycles. The van der Waals surface area contributed by atoms with E-state index in [1.54, 1.807) is 31.2 Å². The molecule has 0 fully saturated rings. The smallest absolute Gasteiger partial charge is 0.296 e. The highest BCUT2D eigenvalue weighted by atomic mass is 35.5. The predicted molar refractivity (Wildman–Crippen MR) is 135 cm³/mol. The van der Waals surface area contributed by atoms with Crippen LogP contribution in [-0.4, -0.2) is 11.1 Å². The molecule has 178 valence electrons. The van der Waals surface area contributed by atoms with Crippen molar-refractivity contribution in [1.82, 2.24) is 5.16 Å². The quantitative estimate of drug-likeness (QED) is 0.292. The van der Waals surface area contributed by atoms with Crippen LogP contribution >= 0.6 is 11.6 Å². The molecule has 1 atom stereocenters. The summed E-state index contributed by atoms with van der Waals surface area (Å²) in [7, 11) is 0. The zero-order valence-electron chi connectivity index (χ0n) is 19.1. The highest BCUT2D eigenvalue weighted by Crippen LogP contribution is 2.41. The van der Waals surface area contributed by atoms with Crippen LogP contribution in [0.5, 0.6) is 5.75 Å². The maximum atomic E-state index is 13.7. The van der Waals surface area contributed by atoms with Gasteiger partial charge in [0.15, 0.2) is 11.2 Å². The molecule has 2 aromatic heterocycles. The van der Waals surface area contributed by atoms with E-state index in [1.807, 2.05) is 54.6 Å². The van der Waals surface area contributed by atoms with E-state index in [4.69, 9.17) is 25.3 Å². The van der Waals surface area contributed by atoms with Gasteiger partial charge in [-0.3, -0.25) is 14.5 Å².